The summed E-state index contributed by atoms with van der Waals surface area (Å²) in [5, 5.41) is 6.80. The van der Waals surface area contributed by atoms with Crippen LogP contribution in [0, 0.1) is 5.92 Å². The number of carbonyl (C=O) groups excluding carboxylic acids is 1. The lowest BCUT2D eigenvalue weighted by Crippen LogP contribution is -2.51. The Hall–Kier alpha value is -2.12. The van der Waals surface area contributed by atoms with Crippen molar-refractivity contribution >= 4 is 11.9 Å². The maximum absolute atomic E-state index is 12.4. The topological polar surface area (TPSA) is 69.2 Å². The second kappa shape index (κ2) is 10.3. The van der Waals surface area contributed by atoms with Gasteiger partial charge in [-0.3, -0.25) is 14.7 Å². The fraction of sp³-hybridized carbons (Fsp3) is 0.652. The molecule has 7 nitrogen and oxygen atoms in total. The third-order valence-corrected chi connectivity index (χ3v) is 6.55. The van der Waals surface area contributed by atoms with Crippen LogP contribution < -0.4 is 10.6 Å². The Bertz CT molecular complexity index is 726. The number of hydrogen-bond acceptors (Lipinski definition) is 4. The number of likely N-dealkylation sites (tertiary alicyclic amines) is 1. The van der Waals surface area contributed by atoms with Gasteiger partial charge in [0.15, 0.2) is 5.96 Å². The molecule has 3 atom stereocenters. The number of carbonyl (C=O) groups is 1. The first-order valence-corrected chi connectivity index (χ1v) is 11.3. The summed E-state index contributed by atoms with van der Waals surface area (Å²) in [6.07, 6.45) is 4.29. The molecule has 3 saturated heterocycles. The molecule has 0 bridgehead atoms. The average molecular weight is 414 g/mol. The molecule has 0 aromatic heterocycles. The van der Waals surface area contributed by atoms with Crippen molar-refractivity contribution in [2.45, 2.75) is 37.8 Å². The zero-order chi connectivity index (χ0) is 20.8. The number of amides is 1. The van der Waals surface area contributed by atoms with E-state index in [9.17, 15) is 4.79 Å². The zero-order valence-electron chi connectivity index (χ0n) is 18.1. The molecule has 2 N–H and O–H groups in total. The Labute approximate surface area is 179 Å². The largest absolute Gasteiger partial charge is 0.373 e. The molecule has 0 saturated carbocycles. The van der Waals surface area contributed by atoms with Gasteiger partial charge in [-0.15, -0.1) is 0 Å². The van der Waals surface area contributed by atoms with E-state index >= 15 is 0 Å². The smallest absolute Gasteiger partial charge is 0.223 e. The van der Waals surface area contributed by atoms with E-state index in [0.29, 0.717) is 18.4 Å². The van der Waals surface area contributed by atoms with Crippen LogP contribution in [0.5, 0.6) is 0 Å². The number of hydrogen-bond donors (Lipinski definition) is 2. The SMILES string of the molecule is CN=C(NCC1CC(=O)N(CCc2ccccc2)C1)NCC1CN2CCCC2CO1. The van der Waals surface area contributed by atoms with Crippen LogP contribution in [0.4, 0.5) is 0 Å². The van der Waals surface area contributed by atoms with Gasteiger partial charge in [0.25, 0.3) is 0 Å². The highest BCUT2D eigenvalue weighted by Crippen LogP contribution is 2.22. The number of guanidine groups is 1. The lowest BCUT2D eigenvalue weighted by atomic mass is 10.1. The van der Waals surface area contributed by atoms with Gasteiger partial charge in [-0.1, -0.05) is 30.3 Å². The van der Waals surface area contributed by atoms with Gasteiger partial charge in [0.1, 0.15) is 0 Å². The molecule has 3 heterocycles. The molecule has 3 aliphatic rings. The van der Waals surface area contributed by atoms with Crippen molar-refractivity contribution in [1.29, 1.82) is 0 Å². The molecular weight excluding hydrogens is 378 g/mol. The Kier molecular flexibility index (Phi) is 7.23. The molecule has 0 radical (unpaired) electrons. The molecule has 1 aromatic carbocycles. The van der Waals surface area contributed by atoms with Gasteiger partial charge in [0.2, 0.25) is 5.91 Å². The number of aliphatic imine (C=N–C) groups is 1. The van der Waals surface area contributed by atoms with Crippen LogP contribution in [0.3, 0.4) is 0 Å². The van der Waals surface area contributed by atoms with Crippen molar-refractivity contribution in [3.63, 3.8) is 0 Å². The second-order valence-electron chi connectivity index (χ2n) is 8.73. The summed E-state index contributed by atoms with van der Waals surface area (Å²) in [6, 6.07) is 11.0. The summed E-state index contributed by atoms with van der Waals surface area (Å²) >= 11 is 0. The number of ether oxygens (including phenoxy) is 1. The maximum atomic E-state index is 12.4. The summed E-state index contributed by atoms with van der Waals surface area (Å²) in [5.41, 5.74) is 1.28. The zero-order valence-corrected chi connectivity index (χ0v) is 18.1. The van der Waals surface area contributed by atoms with E-state index in [4.69, 9.17) is 4.74 Å². The maximum Gasteiger partial charge on any atom is 0.223 e. The van der Waals surface area contributed by atoms with Crippen LogP contribution in [0.2, 0.25) is 0 Å². The van der Waals surface area contributed by atoms with Crippen LogP contribution in [0.15, 0.2) is 35.3 Å². The van der Waals surface area contributed by atoms with E-state index in [-0.39, 0.29) is 12.0 Å². The van der Waals surface area contributed by atoms with Crippen molar-refractivity contribution in [2.75, 3.05) is 52.9 Å². The van der Waals surface area contributed by atoms with Crippen LogP contribution in [0.25, 0.3) is 0 Å². The molecule has 7 heteroatoms. The fourth-order valence-corrected chi connectivity index (χ4v) is 4.80. The van der Waals surface area contributed by atoms with Crippen molar-refractivity contribution in [1.82, 2.24) is 20.4 Å². The number of nitrogens with zero attached hydrogens (tertiary/aromatic N) is 3. The van der Waals surface area contributed by atoms with Gasteiger partial charge in [-0.25, -0.2) is 0 Å². The predicted octanol–water partition coefficient (Wildman–Crippen LogP) is 1.11. The molecule has 1 aromatic rings. The summed E-state index contributed by atoms with van der Waals surface area (Å²) in [7, 11) is 1.79. The Morgan fingerprint density at radius 3 is 2.87 bits per heavy atom. The number of rotatable bonds is 7. The summed E-state index contributed by atoms with van der Waals surface area (Å²) in [5.74, 6) is 1.37. The van der Waals surface area contributed by atoms with Crippen molar-refractivity contribution < 1.29 is 9.53 Å². The number of benzene rings is 1. The van der Waals surface area contributed by atoms with Gasteiger partial charge < -0.3 is 20.3 Å². The minimum absolute atomic E-state index is 0.208. The van der Waals surface area contributed by atoms with Crippen LogP contribution in [-0.4, -0.2) is 86.7 Å². The summed E-state index contributed by atoms with van der Waals surface area (Å²) in [4.78, 5) is 21.3. The van der Waals surface area contributed by atoms with Crippen LogP contribution in [0.1, 0.15) is 24.8 Å². The van der Waals surface area contributed by atoms with E-state index in [1.54, 1.807) is 7.05 Å². The van der Waals surface area contributed by atoms with Gasteiger partial charge >= 0.3 is 0 Å². The molecule has 30 heavy (non-hydrogen) atoms. The molecular formula is C23H35N5O2. The molecule has 4 rings (SSSR count). The normalized spacial score (nSPS) is 27.4. The molecule has 3 fully saturated rings. The first-order chi connectivity index (χ1) is 14.7. The van der Waals surface area contributed by atoms with Gasteiger partial charge in [0.05, 0.1) is 12.7 Å². The van der Waals surface area contributed by atoms with E-state index in [0.717, 1.165) is 51.7 Å². The minimum atomic E-state index is 0.208. The third kappa shape index (κ3) is 5.52. The fourth-order valence-electron chi connectivity index (χ4n) is 4.80. The number of morpholine rings is 1. The monoisotopic (exact) mass is 413 g/mol. The molecule has 164 valence electrons. The Morgan fingerprint density at radius 2 is 2.03 bits per heavy atom. The van der Waals surface area contributed by atoms with Gasteiger partial charge in [-0.05, 0) is 31.4 Å². The van der Waals surface area contributed by atoms with E-state index in [2.05, 4.69) is 32.7 Å². The molecule has 0 aliphatic carbocycles. The predicted molar refractivity (Wildman–Crippen MR) is 119 cm³/mol. The van der Waals surface area contributed by atoms with Crippen molar-refractivity contribution in [2.24, 2.45) is 10.9 Å². The van der Waals surface area contributed by atoms with E-state index in [1.165, 1.54) is 24.9 Å². The third-order valence-electron chi connectivity index (χ3n) is 6.55. The van der Waals surface area contributed by atoms with Crippen molar-refractivity contribution in [3.05, 3.63) is 35.9 Å². The highest BCUT2D eigenvalue weighted by atomic mass is 16.5. The van der Waals surface area contributed by atoms with Gasteiger partial charge in [0, 0.05) is 58.2 Å². The number of fused-ring (bicyclic) bond motifs is 1. The summed E-state index contributed by atoms with van der Waals surface area (Å²) in [6.45, 7) is 6.18. The lowest BCUT2D eigenvalue weighted by molar-refractivity contribution is -0.127. The van der Waals surface area contributed by atoms with Crippen molar-refractivity contribution in [3.8, 4) is 0 Å². The average Bonchev–Trinajstić information content (AvgIpc) is 3.38. The highest BCUT2D eigenvalue weighted by Gasteiger charge is 2.32. The molecule has 0 spiro atoms. The van der Waals surface area contributed by atoms with Crippen LogP contribution >= 0.6 is 0 Å². The molecule has 3 unspecified atom stereocenters. The Morgan fingerprint density at radius 1 is 1.20 bits per heavy atom. The van der Waals surface area contributed by atoms with E-state index < -0.39 is 0 Å². The Balaban J connectivity index is 1.16. The van der Waals surface area contributed by atoms with Gasteiger partial charge in [-0.2, -0.15) is 0 Å². The highest BCUT2D eigenvalue weighted by molar-refractivity contribution is 5.80. The quantitative estimate of drug-likeness (QED) is 0.518. The summed E-state index contributed by atoms with van der Waals surface area (Å²) < 4.78 is 6.02. The standard InChI is InChI=1S/C23H35N5O2/c1-24-23(26-14-21-16-27-10-5-8-20(27)17-30-21)25-13-19-12-22(29)28(15-19)11-9-18-6-3-2-4-7-18/h2-4,6-7,19-21H,5,8-17H2,1H3,(H2,24,25,26). The first-order valence-electron chi connectivity index (χ1n) is 11.3. The van der Waals surface area contributed by atoms with E-state index in [1.807, 2.05) is 23.1 Å². The first kappa shape index (κ1) is 21.1. The lowest BCUT2D eigenvalue weighted by Gasteiger charge is -2.35. The van der Waals surface area contributed by atoms with Crippen LogP contribution in [-0.2, 0) is 16.0 Å². The molecule has 1 amide bonds. The number of nitrogens with one attached hydrogen (secondary N) is 2. The molecule has 3 aliphatic heterocycles. The minimum Gasteiger partial charge on any atom is -0.373 e. The second-order valence-corrected chi connectivity index (χ2v) is 8.73.